The van der Waals surface area contributed by atoms with Gasteiger partial charge in [-0.2, -0.15) is 0 Å². The van der Waals surface area contributed by atoms with Gasteiger partial charge in [0.15, 0.2) is 5.76 Å². The van der Waals surface area contributed by atoms with Gasteiger partial charge in [-0.05, 0) is 0 Å². The molecule has 0 spiro atoms. The zero-order valence-electron chi connectivity index (χ0n) is 7.81. The molecule has 84 valence electrons. The van der Waals surface area contributed by atoms with Gasteiger partial charge >= 0.3 is 0 Å². The molecule has 1 aromatic heterocycles. The molecule has 2 aromatic rings. The second kappa shape index (κ2) is 4.17. The van der Waals surface area contributed by atoms with E-state index in [-0.39, 0.29) is 17.3 Å². The van der Waals surface area contributed by atoms with Crippen molar-refractivity contribution in [3.05, 3.63) is 41.4 Å². The van der Waals surface area contributed by atoms with E-state index in [1.807, 2.05) is 0 Å². The molecule has 0 aliphatic rings. The first-order chi connectivity index (χ1) is 7.61. The third-order valence-corrected chi connectivity index (χ3v) is 2.22. The highest BCUT2D eigenvalue weighted by Crippen LogP contribution is 2.26. The summed E-state index contributed by atoms with van der Waals surface area (Å²) in [6, 6.07) is 2.45. The van der Waals surface area contributed by atoms with Crippen LogP contribution in [-0.2, 0) is 5.88 Å². The Kier molecular flexibility index (Phi) is 2.87. The van der Waals surface area contributed by atoms with E-state index in [1.165, 1.54) is 6.07 Å². The molecule has 0 bridgehead atoms. The van der Waals surface area contributed by atoms with Crippen LogP contribution in [0, 0.1) is 17.5 Å². The maximum atomic E-state index is 13.3. The Morgan fingerprint density at radius 1 is 1.12 bits per heavy atom. The first-order valence-electron chi connectivity index (χ1n) is 4.28. The van der Waals surface area contributed by atoms with Crippen LogP contribution in [0.4, 0.5) is 13.2 Å². The molecule has 2 nitrogen and oxygen atoms in total. The summed E-state index contributed by atoms with van der Waals surface area (Å²) in [5, 5.41) is 3.45. The Labute approximate surface area is 93.6 Å². The number of halogens is 4. The SMILES string of the molecule is Fc1cc(F)c(-c2cc(CCl)on2)c(F)c1. The molecular formula is C10H5ClF3NO. The van der Waals surface area contributed by atoms with E-state index in [2.05, 4.69) is 5.16 Å². The van der Waals surface area contributed by atoms with Crippen molar-refractivity contribution in [2.24, 2.45) is 0 Å². The van der Waals surface area contributed by atoms with Crippen LogP contribution in [0.3, 0.4) is 0 Å². The molecule has 1 aromatic carbocycles. The molecule has 0 atom stereocenters. The van der Waals surface area contributed by atoms with Crippen LogP contribution in [0.2, 0.25) is 0 Å². The van der Waals surface area contributed by atoms with Crippen LogP contribution >= 0.6 is 11.6 Å². The molecule has 0 radical (unpaired) electrons. The van der Waals surface area contributed by atoms with Gasteiger partial charge in [-0.25, -0.2) is 13.2 Å². The van der Waals surface area contributed by atoms with Gasteiger partial charge in [0.25, 0.3) is 0 Å². The number of alkyl halides is 1. The van der Waals surface area contributed by atoms with Gasteiger partial charge in [0.1, 0.15) is 23.1 Å². The summed E-state index contributed by atoms with van der Waals surface area (Å²) < 4.78 is 44.0. The number of hydrogen-bond acceptors (Lipinski definition) is 2. The Balaban J connectivity index is 2.55. The van der Waals surface area contributed by atoms with Crippen LogP contribution in [0.5, 0.6) is 0 Å². The molecule has 6 heteroatoms. The molecule has 0 saturated heterocycles. The Bertz CT molecular complexity index is 504. The molecule has 0 unspecified atom stereocenters. The van der Waals surface area contributed by atoms with Crippen LogP contribution in [-0.4, -0.2) is 5.16 Å². The van der Waals surface area contributed by atoms with Crippen LogP contribution in [0.25, 0.3) is 11.3 Å². The maximum absolute atomic E-state index is 13.3. The molecule has 16 heavy (non-hydrogen) atoms. The fraction of sp³-hybridized carbons (Fsp3) is 0.100. The Morgan fingerprint density at radius 2 is 1.75 bits per heavy atom. The minimum atomic E-state index is -1.04. The predicted octanol–water partition coefficient (Wildman–Crippen LogP) is 3.50. The lowest BCUT2D eigenvalue weighted by Gasteiger charge is -2.00. The summed E-state index contributed by atoms with van der Waals surface area (Å²) in [6.07, 6.45) is 0. The highest BCUT2D eigenvalue weighted by molar-refractivity contribution is 6.16. The largest absolute Gasteiger partial charge is 0.359 e. The van der Waals surface area contributed by atoms with Crippen molar-refractivity contribution in [3.8, 4) is 11.3 Å². The normalized spacial score (nSPS) is 10.8. The Hall–Kier alpha value is -1.49. The molecule has 0 saturated carbocycles. The van der Waals surface area contributed by atoms with Gasteiger partial charge in [-0.15, -0.1) is 11.6 Å². The highest BCUT2D eigenvalue weighted by atomic mass is 35.5. The van der Waals surface area contributed by atoms with Crippen molar-refractivity contribution in [3.63, 3.8) is 0 Å². The lowest BCUT2D eigenvalue weighted by molar-refractivity contribution is 0.395. The van der Waals surface area contributed by atoms with Gasteiger partial charge in [0, 0.05) is 18.2 Å². The number of benzene rings is 1. The van der Waals surface area contributed by atoms with E-state index in [9.17, 15) is 13.2 Å². The lowest BCUT2D eigenvalue weighted by Crippen LogP contribution is -1.92. The molecule has 0 aliphatic carbocycles. The fourth-order valence-electron chi connectivity index (χ4n) is 1.28. The molecule has 0 amide bonds. The number of nitrogens with zero attached hydrogens (tertiary/aromatic N) is 1. The van der Waals surface area contributed by atoms with E-state index in [0.29, 0.717) is 12.1 Å². The van der Waals surface area contributed by atoms with Gasteiger partial charge in [-0.1, -0.05) is 5.16 Å². The molecule has 0 aliphatic heterocycles. The van der Waals surface area contributed by atoms with Crippen molar-refractivity contribution in [2.45, 2.75) is 5.88 Å². The van der Waals surface area contributed by atoms with Crippen LogP contribution in [0.1, 0.15) is 5.76 Å². The monoisotopic (exact) mass is 247 g/mol. The summed E-state index contributed by atoms with van der Waals surface area (Å²) in [6.45, 7) is 0. The zero-order valence-corrected chi connectivity index (χ0v) is 8.56. The van der Waals surface area contributed by atoms with E-state index >= 15 is 0 Å². The van der Waals surface area contributed by atoms with E-state index < -0.39 is 23.0 Å². The third-order valence-electron chi connectivity index (χ3n) is 1.95. The van der Waals surface area contributed by atoms with Crippen molar-refractivity contribution in [1.82, 2.24) is 5.16 Å². The second-order valence-electron chi connectivity index (χ2n) is 3.06. The van der Waals surface area contributed by atoms with Gasteiger partial charge < -0.3 is 4.52 Å². The Morgan fingerprint density at radius 3 is 2.25 bits per heavy atom. The highest BCUT2D eigenvalue weighted by Gasteiger charge is 2.17. The fourth-order valence-corrected chi connectivity index (χ4v) is 1.41. The first kappa shape index (κ1) is 11.0. The first-order valence-corrected chi connectivity index (χ1v) is 4.81. The lowest BCUT2D eigenvalue weighted by atomic mass is 10.1. The summed E-state index contributed by atoms with van der Waals surface area (Å²) in [5.74, 6) is -2.74. The third kappa shape index (κ3) is 1.90. The smallest absolute Gasteiger partial charge is 0.152 e. The second-order valence-corrected chi connectivity index (χ2v) is 3.32. The summed E-state index contributed by atoms with van der Waals surface area (Å²) in [5.41, 5.74) is -0.479. The van der Waals surface area contributed by atoms with Crippen molar-refractivity contribution < 1.29 is 17.7 Å². The molecule has 0 N–H and O–H groups in total. The summed E-state index contributed by atoms with van der Waals surface area (Å²) in [4.78, 5) is 0. The van der Waals surface area contributed by atoms with Crippen molar-refractivity contribution >= 4 is 11.6 Å². The average Bonchev–Trinajstić information content (AvgIpc) is 2.64. The van der Waals surface area contributed by atoms with E-state index in [0.717, 1.165) is 0 Å². The molecular weight excluding hydrogens is 243 g/mol. The summed E-state index contributed by atoms with van der Waals surface area (Å²) >= 11 is 5.45. The van der Waals surface area contributed by atoms with E-state index in [4.69, 9.17) is 16.1 Å². The standard InChI is InChI=1S/C10H5ClF3NO/c11-4-6-3-9(15-16-6)10-7(13)1-5(12)2-8(10)14/h1-3H,4H2. The quantitative estimate of drug-likeness (QED) is 0.759. The van der Waals surface area contributed by atoms with Crippen LogP contribution < -0.4 is 0 Å². The topological polar surface area (TPSA) is 26.0 Å². The number of rotatable bonds is 2. The molecule has 1 heterocycles. The number of hydrogen-bond donors (Lipinski definition) is 0. The molecule has 0 fully saturated rings. The minimum absolute atomic E-state index is 0.0391. The number of aromatic nitrogens is 1. The van der Waals surface area contributed by atoms with Crippen molar-refractivity contribution in [1.29, 1.82) is 0 Å². The van der Waals surface area contributed by atoms with E-state index in [1.54, 1.807) is 0 Å². The average molecular weight is 248 g/mol. The van der Waals surface area contributed by atoms with Crippen molar-refractivity contribution in [2.75, 3.05) is 0 Å². The summed E-state index contributed by atoms with van der Waals surface area (Å²) in [7, 11) is 0. The predicted molar refractivity (Wildman–Crippen MR) is 51.4 cm³/mol. The molecule has 2 rings (SSSR count). The van der Waals surface area contributed by atoms with Crippen LogP contribution in [0.15, 0.2) is 22.7 Å². The van der Waals surface area contributed by atoms with Gasteiger partial charge in [-0.3, -0.25) is 0 Å². The van der Waals surface area contributed by atoms with Gasteiger partial charge in [0.2, 0.25) is 0 Å². The van der Waals surface area contributed by atoms with Gasteiger partial charge in [0.05, 0.1) is 11.4 Å². The maximum Gasteiger partial charge on any atom is 0.152 e. The minimum Gasteiger partial charge on any atom is -0.359 e. The zero-order chi connectivity index (χ0) is 11.7.